The lowest BCUT2D eigenvalue weighted by atomic mass is 9.84. The number of carbonyl (C=O) groups excluding carboxylic acids is 2. The van der Waals surface area contributed by atoms with Crippen molar-refractivity contribution in [2.75, 3.05) is 19.9 Å². The molecule has 0 bridgehead atoms. The van der Waals surface area contributed by atoms with Gasteiger partial charge in [0.2, 0.25) is 0 Å². The van der Waals surface area contributed by atoms with E-state index in [2.05, 4.69) is 41.7 Å². The molecular weight excluding hydrogens is 472 g/mol. The molecule has 3 aromatic carbocycles. The SMILES string of the molecule is CON(C)C(=O)[C@@H](CSC(c1ccccc1)(c1ccccc1)c1ccccc1)NC(=O)OC(C)(C)C. The zero-order valence-corrected chi connectivity index (χ0v) is 22.2. The Kier molecular flexibility index (Phi) is 9.18. The Bertz CT molecular complexity index is 1020. The molecule has 3 aromatic rings. The molecule has 7 heteroatoms. The van der Waals surface area contributed by atoms with E-state index < -0.39 is 22.5 Å². The molecule has 0 aromatic heterocycles. The third-order valence-corrected chi connectivity index (χ3v) is 7.22. The van der Waals surface area contributed by atoms with Crippen LogP contribution in [0.15, 0.2) is 91.0 Å². The van der Waals surface area contributed by atoms with Gasteiger partial charge in [-0.25, -0.2) is 9.86 Å². The lowest BCUT2D eigenvalue weighted by Gasteiger charge is -2.36. The molecule has 190 valence electrons. The normalized spacial score (nSPS) is 12.5. The Balaban J connectivity index is 2.07. The van der Waals surface area contributed by atoms with Crippen LogP contribution in [0.2, 0.25) is 0 Å². The zero-order chi connectivity index (χ0) is 26.2. The van der Waals surface area contributed by atoms with Gasteiger partial charge in [0.25, 0.3) is 5.91 Å². The van der Waals surface area contributed by atoms with E-state index in [0.29, 0.717) is 0 Å². The smallest absolute Gasteiger partial charge is 0.408 e. The van der Waals surface area contributed by atoms with Crippen molar-refractivity contribution in [1.82, 2.24) is 10.4 Å². The third kappa shape index (κ3) is 6.68. The molecule has 0 aliphatic heterocycles. The van der Waals surface area contributed by atoms with Crippen molar-refractivity contribution in [2.24, 2.45) is 0 Å². The van der Waals surface area contributed by atoms with E-state index in [0.717, 1.165) is 21.8 Å². The first-order valence-electron chi connectivity index (χ1n) is 11.8. The number of hydrogen-bond donors (Lipinski definition) is 1. The van der Waals surface area contributed by atoms with Crippen molar-refractivity contribution in [3.8, 4) is 0 Å². The summed E-state index contributed by atoms with van der Waals surface area (Å²) < 4.78 is 4.81. The fourth-order valence-electron chi connectivity index (χ4n) is 3.91. The molecule has 0 heterocycles. The number of carbonyl (C=O) groups is 2. The second-order valence-electron chi connectivity index (χ2n) is 9.31. The quantitative estimate of drug-likeness (QED) is 0.301. The molecule has 0 aliphatic rings. The van der Waals surface area contributed by atoms with Crippen molar-refractivity contribution in [1.29, 1.82) is 0 Å². The lowest BCUT2D eigenvalue weighted by Crippen LogP contribution is -2.50. The molecule has 3 rings (SSSR count). The maximum absolute atomic E-state index is 13.2. The number of likely N-dealkylation sites (N-methyl/N-ethyl adjacent to an activating group) is 1. The molecule has 0 saturated carbocycles. The van der Waals surface area contributed by atoms with Gasteiger partial charge in [0.1, 0.15) is 11.6 Å². The number of benzene rings is 3. The maximum atomic E-state index is 13.2. The number of nitrogens with one attached hydrogen (secondary N) is 1. The largest absolute Gasteiger partial charge is 0.444 e. The van der Waals surface area contributed by atoms with Gasteiger partial charge in [-0.15, -0.1) is 11.8 Å². The van der Waals surface area contributed by atoms with Crippen LogP contribution in [0.3, 0.4) is 0 Å². The average Bonchev–Trinajstić information content (AvgIpc) is 2.88. The zero-order valence-electron chi connectivity index (χ0n) is 21.4. The molecular formula is C29H34N2O4S. The van der Waals surface area contributed by atoms with Crippen LogP contribution < -0.4 is 5.32 Å². The number of amides is 2. The number of rotatable bonds is 9. The van der Waals surface area contributed by atoms with Crippen LogP contribution in [0.1, 0.15) is 37.5 Å². The van der Waals surface area contributed by atoms with Crippen LogP contribution in [0.4, 0.5) is 4.79 Å². The Morgan fingerprint density at radius 1 is 0.833 bits per heavy atom. The first kappa shape index (κ1) is 27.3. The molecule has 0 unspecified atom stereocenters. The first-order valence-corrected chi connectivity index (χ1v) is 12.8. The standard InChI is InChI=1S/C29H34N2O4S/c1-28(2,3)35-27(33)30-25(26(32)31(4)34-5)21-36-29(22-15-9-6-10-16-22,23-17-11-7-12-18-23)24-19-13-8-14-20-24/h6-20,25H,21H2,1-5H3,(H,30,33)/t25-/m1/s1. The van der Waals surface area contributed by atoms with Gasteiger partial charge >= 0.3 is 6.09 Å². The van der Waals surface area contributed by atoms with E-state index in [-0.39, 0.29) is 11.7 Å². The number of hydroxylamine groups is 2. The third-order valence-electron chi connectivity index (χ3n) is 5.58. The van der Waals surface area contributed by atoms with E-state index >= 15 is 0 Å². The minimum absolute atomic E-state index is 0.268. The van der Waals surface area contributed by atoms with Crippen LogP contribution in [0.25, 0.3) is 0 Å². The Hall–Kier alpha value is -3.29. The summed E-state index contributed by atoms with van der Waals surface area (Å²) in [6.45, 7) is 5.35. The molecule has 36 heavy (non-hydrogen) atoms. The van der Waals surface area contributed by atoms with Gasteiger partial charge in [0.05, 0.1) is 11.9 Å². The van der Waals surface area contributed by atoms with Crippen molar-refractivity contribution < 1.29 is 19.2 Å². The van der Waals surface area contributed by atoms with E-state index in [1.165, 1.54) is 14.2 Å². The second-order valence-corrected chi connectivity index (χ2v) is 10.5. The van der Waals surface area contributed by atoms with Crippen LogP contribution in [0, 0.1) is 0 Å². The summed E-state index contributed by atoms with van der Waals surface area (Å²) in [7, 11) is 2.94. The van der Waals surface area contributed by atoms with Crippen molar-refractivity contribution in [3.63, 3.8) is 0 Å². The maximum Gasteiger partial charge on any atom is 0.408 e. The molecule has 2 amide bonds. The van der Waals surface area contributed by atoms with E-state index in [1.807, 2.05) is 54.6 Å². The molecule has 1 atom stereocenters. The summed E-state index contributed by atoms with van der Waals surface area (Å²) in [5.41, 5.74) is 2.50. The predicted molar refractivity (Wildman–Crippen MR) is 145 cm³/mol. The van der Waals surface area contributed by atoms with E-state index in [1.54, 1.807) is 32.5 Å². The van der Waals surface area contributed by atoms with Gasteiger partial charge in [-0.05, 0) is 37.5 Å². The van der Waals surface area contributed by atoms with Gasteiger partial charge in [0, 0.05) is 12.8 Å². The molecule has 0 aliphatic carbocycles. The highest BCUT2D eigenvalue weighted by atomic mass is 32.2. The van der Waals surface area contributed by atoms with Gasteiger partial charge in [-0.1, -0.05) is 91.0 Å². The van der Waals surface area contributed by atoms with E-state index in [9.17, 15) is 9.59 Å². The topological polar surface area (TPSA) is 67.9 Å². The molecule has 0 radical (unpaired) electrons. The minimum Gasteiger partial charge on any atom is -0.444 e. The lowest BCUT2D eigenvalue weighted by molar-refractivity contribution is -0.170. The number of alkyl carbamates (subject to hydrolysis) is 1. The van der Waals surface area contributed by atoms with Gasteiger partial charge in [-0.2, -0.15) is 0 Å². The summed E-state index contributed by atoms with van der Waals surface area (Å²) in [5, 5.41) is 3.89. The molecule has 1 N–H and O–H groups in total. The monoisotopic (exact) mass is 506 g/mol. The van der Waals surface area contributed by atoms with Crippen LogP contribution in [-0.4, -0.2) is 48.6 Å². The van der Waals surface area contributed by atoms with Gasteiger partial charge in [-0.3, -0.25) is 9.63 Å². The summed E-state index contributed by atoms with van der Waals surface area (Å²) >= 11 is 1.58. The Morgan fingerprint density at radius 2 is 1.25 bits per heavy atom. The number of ether oxygens (including phenoxy) is 1. The van der Waals surface area contributed by atoms with Crippen molar-refractivity contribution in [2.45, 2.75) is 37.2 Å². The van der Waals surface area contributed by atoms with Crippen molar-refractivity contribution in [3.05, 3.63) is 108 Å². The van der Waals surface area contributed by atoms with Gasteiger partial charge in [0.15, 0.2) is 0 Å². The summed E-state index contributed by atoms with van der Waals surface area (Å²) in [4.78, 5) is 31.0. The Morgan fingerprint density at radius 3 is 1.61 bits per heavy atom. The minimum atomic E-state index is -0.884. The highest BCUT2D eigenvalue weighted by Gasteiger charge is 2.39. The fraction of sp³-hybridized carbons (Fsp3) is 0.310. The number of nitrogens with zero attached hydrogens (tertiary/aromatic N) is 1. The highest BCUT2D eigenvalue weighted by molar-refractivity contribution is 8.00. The van der Waals surface area contributed by atoms with Crippen LogP contribution in [0.5, 0.6) is 0 Å². The second kappa shape index (κ2) is 12.1. The van der Waals surface area contributed by atoms with E-state index in [4.69, 9.17) is 9.57 Å². The van der Waals surface area contributed by atoms with Gasteiger partial charge < -0.3 is 10.1 Å². The number of hydrogen-bond acceptors (Lipinski definition) is 5. The predicted octanol–water partition coefficient (Wildman–Crippen LogP) is 5.62. The molecule has 0 saturated heterocycles. The first-order chi connectivity index (χ1) is 17.2. The van der Waals surface area contributed by atoms with Crippen molar-refractivity contribution >= 4 is 23.8 Å². The number of thioether (sulfide) groups is 1. The summed E-state index contributed by atoms with van der Waals surface area (Å²) in [5.74, 6) is -0.108. The average molecular weight is 507 g/mol. The highest BCUT2D eigenvalue weighted by Crippen LogP contribution is 2.48. The van der Waals surface area contributed by atoms with Crippen LogP contribution in [-0.2, 0) is 19.1 Å². The Labute approximate surface area is 217 Å². The summed E-state index contributed by atoms with van der Waals surface area (Å²) in [6.07, 6.45) is -0.657. The molecule has 0 fully saturated rings. The molecule has 0 spiro atoms. The molecule has 6 nitrogen and oxygen atoms in total. The fourth-order valence-corrected chi connectivity index (χ4v) is 5.46. The van der Waals surface area contributed by atoms with Crippen LogP contribution >= 0.6 is 11.8 Å². The summed E-state index contributed by atoms with van der Waals surface area (Å²) in [6, 6.07) is 29.7.